The van der Waals surface area contributed by atoms with Gasteiger partial charge in [0.2, 0.25) is 0 Å². The van der Waals surface area contributed by atoms with Gasteiger partial charge in [0.05, 0.1) is 19.1 Å². The fourth-order valence-electron chi connectivity index (χ4n) is 3.00. The second kappa shape index (κ2) is 5.07. The molecule has 2 fully saturated rings. The number of rotatable bonds is 1. The Morgan fingerprint density at radius 3 is 2.50 bits per heavy atom. The van der Waals surface area contributed by atoms with Crippen LogP contribution in [0, 0.1) is 5.92 Å². The van der Waals surface area contributed by atoms with Crippen LogP contribution in [0.4, 0.5) is 4.79 Å². The molecule has 0 aliphatic carbocycles. The summed E-state index contributed by atoms with van der Waals surface area (Å²) in [6, 6.07) is -0.840. The van der Waals surface area contributed by atoms with E-state index in [0.717, 1.165) is 0 Å². The highest BCUT2D eigenvalue weighted by Crippen LogP contribution is 2.39. The fourth-order valence-corrected chi connectivity index (χ4v) is 3.00. The molecular formula is C14H21NO5. The monoisotopic (exact) mass is 283 g/mol. The molecule has 2 rings (SSSR count). The topological polar surface area (TPSA) is 72.9 Å². The van der Waals surface area contributed by atoms with E-state index in [0.29, 0.717) is 19.3 Å². The quantitative estimate of drug-likeness (QED) is 0.682. The number of ketones is 1. The summed E-state index contributed by atoms with van der Waals surface area (Å²) in [7, 11) is 1.32. The highest BCUT2D eigenvalue weighted by atomic mass is 16.6. The number of carbonyl (C=O) groups excluding carboxylic acids is 3. The van der Waals surface area contributed by atoms with E-state index in [9.17, 15) is 14.4 Å². The van der Waals surface area contributed by atoms with Crippen LogP contribution in [-0.4, -0.2) is 47.5 Å². The molecule has 20 heavy (non-hydrogen) atoms. The predicted molar refractivity (Wildman–Crippen MR) is 70.0 cm³/mol. The maximum absolute atomic E-state index is 12.3. The van der Waals surface area contributed by atoms with E-state index in [1.807, 2.05) is 0 Å². The Hall–Kier alpha value is -1.59. The SMILES string of the molecule is COC(=O)[C@@H]1C[C@H]2C(=O)CC[C@@H]1N2C(=O)OC(C)(C)C. The van der Waals surface area contributed by atoms with Crippen molar-refractivity contribution in [1.29, 1.82) is 0 Å². The molecule has 6 heteroatoms. The van der Waals surface area contributed by atoms with Crippen LogP contribution in [0.15, 0.2) is 0 Å². The highest BCUT2D eigenvalue weighted by Gasteiger charge is 2.53. The van der Waals surface area contributed by atoms with Crippen molar-refractivity contribution >= 4 is 17.8 Å². The normalized spacial score (nSPS) is 29.3. The van der Waals surface area contributed by atoms with Crippen molar-refractivity contribution in [2.45, 2.75) is 57.7 Å². The second-order valence-corrected chi connectivity index (χ2v) is 6.34. The van der Waals surface area contributed by atoms with Crippen molar-refractivity contribution in [1.82, 2.24) is 4.90 Å². The molecular weight excluding hydrogens is 262 g/mol. The lowest BCUT2D eigenvalue weighted by atomic mass is 9.98. The zero-order valence-electron chi connectivity index (χ0n) is 12.3. The molecule has 6 nitrogen and oxygen atoms in total. The Labute approximate surface area is 118 Å². The van der Waals surface area contributed by atoms with Crippen molar-refractivity contribution in [2.24, 2.45) is 5.92 Å². The van der Waals surface area contributed by atoms with Gasteiger partial charge in [-0.2, -0.15) is 0 Å². The van der Waals surface area contributed by atoms with E-state index >= 15 is 0 Å². The molecule has 0 spiro atoms. The van der Waals surface area contributed by atoms with Crippen LogP contribution in [0.25, 0.3) is 0 Å². The molecule has 1 amide bonds. The van der Waals surface area contributed by atoms with Crippen molar-refractivity contribution < 1.29 is 23.9 Å². The lowest BCUT2D eigenvalue weighted by Crippen LogP contribution is -2.51. The van der Waals surface area contributed by atoms with E-state index < -0.39 is 23.7 Å². The van der Waals surface area contributed by atoms with Gasteiger partial charge in [0.15, 0.2) is 5.78 Å². The molecule has 0 aromatic heterocycles. The smallest absolute Gasteiger partial charge is 0.411 e. The highest BCUT2D eigenvalue weighted by molar-refractivity contribution is 5.91. The van der Waals surface area contributed by atoms with Gasteiger partial charge in [-0.25, -0.2) is 4.79 Å². The van der Waals surface area contributed by atoms with E-state index in [1.165, 1.54) is 12.0 Å². The van der Waals surface area contributed by atoms with E-state index in [-0.39, 0.29) is 17.8 Å². The fraction of sp³-hybridized carbons (Fsp3) is 0.786. The van der Waals surface area contributed by atoms with Crippen molar-refractivity contribution in [2.75, 3.05) is 7.11 Å². The van der Waals surface area contributed by atoms with E-state index in [4.69, 9.17) is 9.47 Å². The number of fused-ring (bicyclic) bond motifs is 2. The van der Waals surface area contributed by atoms with E-state index in [2.05, 4.69) is 0 Å². The molecule has 0 aromatic rings. The summed E-state index contributed by atoms with van der Waals surface area (Å²) in [6.45, 7) is 5.32. The van der Waals surface area contributed by atoms with Gasteiger partial charge < -0.3 is 9.47 Å². The van der Waals surface area contributed by atoms with Crippen LogP contribution in [0.2, 0.25) is 0 Å². The van der Waals surface area contributed by atoms with Gasteiger partial charge in [0.25, 0.3) is 0 Å². The largest absolute Gasteiger partial charge is 0.469 e. The minimum Gasteiger partial charge on any atom is -0.469 e. The summed E-state index contributed by atoms with van der Waals surface area (Å²) in [6.07, 6.45) is 0.721. The zero-order chi connectivity index (χ0) is 15.1. The van der Waals surface area contributed by atoms with Crippen LogP contribution in [-0.2, 0) is 19.1 Å². The molecule has 2 saturated heterocycles. The molecule has 0 N–H and O–H groups in total. The summed E-state index contributed by atoms with van der Waals surface area (Å²) in [5, 5.41) is 0. The standard InChI is InChI=1S/C14H21NO5/c1-14(2,3)20-13(18)15-9-5-6-11(16)10(15)7-8(9)12(17)19-4/h8-10H,5-7H2,1-4H3/t8-,9+,10+/m1/s1. The van der Waals surface area contributed by atoms with Gasteiger partial charge in [-0.15, -0.1) is 0 Å². The van der Waals surface area contributed by atoms with E-state index in [1.54, 1.807) is 20.8 Å². The number of piperidine rings is 1. The van der Waals surface area contributed by atoms with Crippen molar-refractivity contribution in [3.8, 4) is 0 Å². The number of methoxy groups -OCH3 is 1. The molecule has 2 bridgehead atoms. The average Bonchev–Trinajstić information content (AvgIpc) is 2.64. The summed E-state index contributed by atoms with van der Waals surface area (Å²) in [5.74, 6) is -0.789. The molecule has 0 aromatic carbocycles. The number of ether oxygens (including phenoxy) is 2. The van der Waals surface area contributed by atoms with Crippen molar-refractivity contribution in [3.05, 3.63) is 0 Å². The van der Waals surface area contributed by atoms with Crippen LogP contribution < -0.4 is 0 Å². The summed E-state index contributed by atoms with van der Waals surface area (Å²) < 4.78 is 10.1. The Balaban J connectivity index is 2.22. The Morgan fingerprint density at radius 1 is 1.30 bits per heavy atom. The second-order valence-electron chi connectivity index (χ2n) is 6.34. The molecule has 3 atom stereocenters. The molecule has 2 heterocycles. The Kier molecular flexibility index (Phi) is 3.75. The third kappa shape index (κ3) is 2.64. The summed E-state index contributed by atoms with van der Waals surface area (Å²) in [5.41, 5.74) is -0.627. The van der Waals surface area contributed by atoms with Crippen LogP contribution in [0.1, 0.15) is 40.0 Å². The summed E-state index contributed by atoms with van der Waals surface area (Å²) in [4.78, 5) is 37.5. The van der Waals surface area contributed by atoms with Gasteiger partial charge in [-0.05, 0) is 33.6 Å². The predicted octanol–water partition coefficient (Wildman–Crippen LogP) is 1.52. The lowest BCUT2D eigenvalue weighted by molar-refractivity contribution is -0.146. The number of amides is 1. The van der Waals surface area contributed by atoms with Gasteiger partial charge in [0, 0.05) is 12.5 Å². The van der Waals surface area contributed by atoms with Gasteiger partial charge >= 0.3 is 12.1 Å². The Bertz CT molecular complexity index is 439. The minimum absolute atomic E-state index is 0.00138. The first-order chi connectivity index (χ1) is 9.24. The molecule has 2 aliphatic heterocycles. The number of Topliss-reactive ketones (excluding diaryl/α,β-unsaturated/α-hetero) is 1. The maximum Gasteiger partial charge on any atom is 0.411 e. The van der Waals surface area contributed by atoms with Crippen LogP contribution in [0.3, 0.4) is 0 Å². The number of carbonyl (C=O) groups is 3. The third-order valence-corrected chi connectivity index (χ3v) is 3.80. The first kappa shape index (κ1) is 14.8. The summed E-state index contributed by atoms with van der Waals surface area (Å²) >= 11 is 0. The Morgan fingerprint density at radius 2 is 1.95 bits per heavy atom. The number of esters is 1. The third-order valence-electron chi connectivity index (χ3n) is 3.80. The van der Waals surface area contributed by atoms with Gasteiger partial charge in [-0.3, -0.25) is 14.5 Å². The maximum atomic E-state index is 12.3. The van der Waals surface area contributed by atoms with Crippen molar-refractivity contribution in [3.63, 3.8) is 0 Å². The first-order valence-corrected chi connectivity index (χ1v) is 6.86. The average molecular weight is 283 g/mol. The minimum atomic E-state index is -0.627. The molecule has 0 radical (unpaired) electrons. The lowest BCUT2D eigenvalue weighted by Gasteiger charge is -2.35. The van der Waals surface area contributed by atoms with Gasteiger partial charge in [0.1, 0.15) is 5.60 Å². The molecule has 0 unspecified atom stereocenters. The van der Waals surface area contributed by atoms with Crippen LogP contribution >= 0.6 is 0 Å². The molecule has 112 valence electrons. The zero-order valence-corrected chi connectivity index (χ0v) is 12.3. The van der Waals surface area contributed by atoms with Crippen LogP contribution in [0.5, 0.6) is 0 Å². The molecule has 0 saturated carbocycles. The number of hydrogen-bond donors (Lipinski definition) is 0. The number of hydrogen-bond acceptors (Lipinski definition) is 5. The number of nitrogens with zero attached hydrogens (tertiary/aromatic N) is 1. The van der Waals surface area contributed by atoms with Gasteiger partial charge in [-0.1, -0.05) is 0 Å². The first-order valence-electron chi connectivity index (χ1n) is 6.86. The molecule has 2 aliphatic rings.